The molecule has 23 heavy (non-hydrogen) atoms. The Morgan fingerprint density at radius 3 is 2.61 bits per heavy atom. The number of carbonyl (C=O) groups is 1. The number of halogens is 1. The SMILES string of the molecule is COc1ccc(C=NNC(=O)c2cc(Br)ccc2O)cc1OC. The number of hydrogen-bond acceptors (Lipinski definition) is 5. The summed E-state index contributed by atoms with van der Waals surface area (Å²) in [5, 5.41) is 13.6. The lowest BCUT2D eigenvalue weighted by atomic mass is 10.2. The number of benzene rings is 2. The van der Waals surface area contributed by atoms with E-state index in [-0.39, 0.29) is 11.3 Å². The van der Waals surface area contributed by atoms with Crippen molar-refractivity contribution in [2.24, 2.45) is 5.10 Å². The van der Waals surface area contributed by atoms with Gasteiger partial charge in [0.1, 0.15) is 5.75 Å². The van der Waals surface area contributed by atoms with Crippen LogP contribution in [0.2, 0.25) is 0 Å². The molecule has 0 aliphatic rings. The maximum absolute atomic E-state index is 12.0. The standard InChI is InChI=1S/C16H15BrN2O4/c1-22-14-6-3-10(7-15(14)23-2)9-18-19-16(21)12-8-11(17)4-5-13(12)20/h3-9,20H,1-2H3,(H,19,21). The highest BCUT2D eigenvalue weighted by molar-refractivity contribution is 9.10. The van der Waals surface area contributed by atoms with E-state index in [1.165, 1.54) is 25.5 Å². The van der Waals surface area contributed by atoms with Crippen LogP contribution in [0.25, 0.3) is 0 Å². The third-order valence-corrected chi connectivity index (χ3v) is 3.48. The minimum atomic E-state index is -0.513. The van der Waals surface area contributed by atoms with Gasteiger partial charge in [-0.05, 0) is 42.0 Å². The molecule has 0 spiro atoms. The van der Waals surface area contributed by atoms with Crippen LogP contribution >= 0.6 is 15.9 Å². The van der Waals surface area contributed by atoms with Gasteiger partial charge in [0, 0.05) is 4.47 Å². The molecule has 0 saturated carbocycles. The highest BCUT2D eigenvalue weighted by atomic mass is 79.9. The van der Waals surface area contributed by atoms with Gasteiger partial charge in [-0.3, -0.25) is 4.79 Å². The highest BCUT2D eigenvalue weighted by Crippen LogP contribution is 2.26. The van der Waals surface area contributed by atoms with E-state index in [4.69, 9.17) is 9.47 Å². The van der Waals surface area contributed by atoms with E-state index in [0.717, 1.165) is 5.56 Å². The van der Waals surface area contributed by atoms with Crippen molar-refractivity contribution >= 4 is 28.1 Å². The van der Waals surface area contributed by atoms with E-state index in [1.54, 1.807) is 31.4 Å². The zero-order chi connectivity index (χ0) is 16.8. The van der Waals surface area contributed by atoms with Gasteiger partial charge in [0.15, 0.2) is 11.5 Å². The lowest BCUT2D eigenvalue weighted by Crippen LogP contribution is -2.17. The second-order valence-electron chi connectivity index (χ2n) is 4.48. The molecule has 0 aromatic heterocycles. The molecule has 0 aliphatic carbocycles. The molecular weight excluding hydrogens is 364 g/mol. The van der Waals surface area contributed by atoms with Crippen LogP contribution in [0, 0.1) is 0 Å². The molecule has 0 atom stereocenters. The summed E-state index contributed by atoms with van der Waals surface area (Å²) in [5.74, 6) is 0.535. The topological polar surface area (TPSA) is 80.2 Å². The summed E-state index contributed by atoms with van der Waals surface area (Å²) in [4.78, 5) is 12.0. The van der Waals surface area contributed by atoms with E-state index in [2.05, 4.69) is 26.5 Å². The van der Waals surface area contributed by atoms with Crippen LogP contribution in [0.3, 0.4) is 0 Å². The number of rotatable bonds is 5. The van der Waals surface area contributed by atoms with Crippen molar-refractivity contribution in [3.05, 3.63) is 52.0 Å². The Morgan fingerprint density at radius 1 is 1.17 bits per heavy atom. The fourth-order valence-electron chi connectivity index (χ4n) is 1.85. The third-order valence-electron chi connectivity index (χ3n) is 2.99. The Kier molecular flexibility index (Phi) is 5.59. The van der Waals surface area contributed by atoms with Crippen LogP contribution in [-0.2, 0) is 0 Å². The number of phenolic OH excluding ortho intramolecular Hbond substituents is 1. The van der Waals surface area contributed by atoms with Crippen LogP contribution in [0.4, 0.5) is 0 Å². The van der Waals surface area contributed by atoms with Crippen molar-refractivity contribution in [2.45, 2.75) is 0 Å². The molecule has 1 amide bonds. The monoisotopic (exact) mass is 378 g/mol. The summed E-state index contributed by atoms with van der Waals surface area (Å²) in [7, 11) is 3.09. The first kappa shape index (κ1) is 16.8. The Bertz CT molecular complexity index is 747. The second kappa shape index (κ2) is 7.64. The number of nitrogens with zero attached hydrogens (tertiary/aromatic N) is 1. The average molecular weight is 379 g/mol. The van der Waals surface area contributed by atoms with Gasteiger partial charge in [-0.2, -0.15) is 5.10 Å². The zero-order valence-corrected chi connectivity index (χ0v) is 14.1. The van der Waals surface area contributed by atoms with Gasteiger partial charge in [-0.1, -0.05) is 15.9 Å². The molecule has 0 radical (unpaired) electrons. The number of hydrogen-bond donors (Lipinski definition) is 2. The molecule has 7 heteroatoms. The van der Waals surface area contributed by atoms with Crippen LogP contribution in [0.5, 0.6) is 17.2 Å². The summed E-state index contributed by atoms with van der Waals surface area (Å²) >= 11 is 3.24. The van der Waals surface area contributed by atoms with Gasteiger partial charge in [-0.25, -0.2) is 5.43 Å². The molecule has 0 fully saturated rings. The maximum atomic E-state index is 12.0. The maximum Gasteiger partial charge on any atom is 0.275 e. The van der Waals surface area contributed by atoms with Crippen molar-refractivity contribution in [3.8, 4) is 17.2 Å². The Hall–Kier alpha value is -2.54. The zero-order valence-electron chi connectivity index (χ0n) is 12.5. The Morgan fingerprint density at radius 2 is 1.91 bits per heavy atom. The molecule has 2 aromatic carbocycles. The predicted octanol–water partition coefficient (Wildman–Crippen LogP) is 2.94. The largest absolute Gasteiger partial charge is 0.507 e. The lowest BCUT2D eigenvalue weighted by molar-refractivity contribution is 0.0952. The van der Waals surface area contributed by atoms with E-state index >= 15 is 0 Å². The van der Waals surface area contributed by atoms with Crippen LogP contribution in [0.1, 0.15) is 15.9 Å². The molecule has 120 valence electrons. The van der Waals surface area contributed by atoms with Gasteiger partial charge >= 0.3 is 0 Å². The minimum absolute atomic E-state index is 0.119. The van der Waals surface area contributed by atoms with Crippen LogP contribution in [-0.4, -0.2) is 31.4 Å². The number of ether oxygens (including phenoxy) is 2. The first-order valence-corrected chi connectivity index (χ1v) is 7.38. The molecule has 0 unspecified atom stereocenters. The van der Waals surface area contributed by atoms with Crippen molar-refractivity contribution in [3.63, 3.8) is 0 Å². The molecule has 2 rings (SSSR count). The van der Waals surface area contributed by atoms with E-state index in [0.29, 0.717) is 16.0 Å². The Balaban J connectivity index is 2.09. The molecular formula is C16H15BrN2O4. The van der Waals surface area contributed by atoms with E-state index in [1.807, 2.05) is 0 Å². The van der Waals surface area contributed by atoms with Crippen molar-refractivity contribution in [2.75, 3.05) is 14.2 Å². The van der Waals surface area contributed by atoms with Gasteiger partial charge in [0.2, 0.25) is 0 Å². The van der Waals surface area contributed by atoms with Gasteiger partial charge in [0.25, 0.3) is 5.91 Å². The number of phenols is 1. The number of methoxy groups -OCH3 is 2. The number of hydrazone groups is 1. The number of amides is 1. The van der Waals surface area contributed by atoms with Crippen molar-refractivity contribution in [1.29, 1.82) is 0 Å². The van der Waals surface area contributed by atoms with E-state index in [9.17, 15) is 9.90 Å². The van der Waals surface area contributed by atoms with Crippen LogP contribution < -0.4 is 14.9 Å². The molecule has 0 bridgehead atoms. The number of carbonyl (C=O) groups excluding carboxylic acids is 1. The first-order valence-electron chi connectivity index (χ1n) is 6.59. The highest BCUT2D eigenvalue weighted by Gasteiger charge is 2.10. The minimum Gasteiger partial charge on any atom is -0.507 e. The smallest absolute Gasteiger partial charge is 0.275 e. The summed E-state index contributed by atoms with van der Waals surface area (Å²) < 4.78 is 11.0. The molecule has 2 aromatic rings. The molecule has 0 saturated heterocycles. The fraction of sp³-hybridized carbons (Fsp3) is 0.125. The lowest BCUT2D eigenvalue weighted by Gasteiger charge is -2.07. The summed E-state index contributed by atoms with van der Waals surface area (Å²) in [6, 6.07) is 9.81. The average Bonchev–Trinajstić information content (AvgIpc) is 2.56. The van der Waals surface area contributed by atoms with Crippen molar-refractivity contribution < 1.29 is 19.4 Å². The van der Waals surface area contributed by atoms with Gasteiger partial charge < -0.3 is 14.6 Å². The third kappa shape index (κ3) is 4.23. The molecule has 0 aliphatic heterocycles. The second-order valence-corrected chi connectivity index (χ2v) is 5.39. The summed E-state index contributed by atoms with van der Waals surface area (Å²) in [5.41, 5.74) is 3.21. The van der Waals surface area contributed by atoms with Gasteiger partial charge in [0.05, 0.1) is 26.0 Å². The Labute approximate surface area is 141 Å². The molecule has 2 N–H and O–H groups in total. The number of aromatic hydroxyl groups is 1. The van der Waals surface area contributed by atoms with Crippen molar-refractivity contribution in [1.82, 2.24) is 5.43 Å². The van der Waals surface area contributed by atoms with Crippen LogP contribution in [0.15, 0.2) is 46.0 Å². The summed E-state index contributed by atoms with van der Waals surface area (Å²) in [6.45, 7) is 0. The number of nitrogens with one attached hydrogen (secondary N) is 1. The quantitative estimate of drug-likeness (QED) is 0.619. The predicted molar refractivity (Wildman–Crippen MR) is 90.4 cm³/mol. The normalized spacial score (nSPS) is 10.6. The fourth-order valence-corrected chi connectivity index (χ4v) is 2.21. The molecule has 6 nitrogen and oxygen atoms in total. The van der Waals surface area contributed by atoms with E-state index < -0.39 is 5.91 Å². The summed E-state index contributed by atoms with van der Waals surface area (Å²) in [6.07, 6.45) is 1.47. The first-order chi connectivity index (χ1) is 11.0. The van der Waals surface area contributed by atoms with Gasteiger partial charge in [-0.15, -0.1) is 0 Å². The molecule has 0 heterocycles.